The van der Waals surface area contributed by atoms with Gasteiger partial charge in [0, 0.05) is 6.42 Å². The SMILES string of the molecule is Cc1ccc(CC(O[SiH3])(c2ccccc2)c2ccccc2)cc1. The molecule has 116 valence electrons. The van der Waals surface area contributed by atoms with Crippen molar-refractivity contribution in [1.82, 2.24) is 0 Å². The molecule has 0 unspecified atom stereocenters. The lowest BCUT2D eigenvalue weighted by Gasteiger charge is -2.35. The Bertz CT molecular complexity index is 696. The highest BCUT2D eigenvalue weighted by Gasteiger charge is 2.33. The molecule has 2 heteroatoms. The van der Waals surface area contributed by atoms with E-state index in [9.17, 15) is 0 Å². The predicted octanol–water partition coefficient (Wildman–Crippen LogP) is 3.78. The summed E-state index contributed by atoms with van der Waals surface area (Å²) in [4.78, 5) is 0. The van der Waals surface area contributed by atoms with E-state index in [0.717, 1.165) is 6.42 Å². The molecule has 0 bridgehead atoms. The maximum Gasteiger partial charge on any atom is 0.147 e. The second-order valence-electron chi connectivity index (χ2n) is 5.93. The Balaban J connectivity index is 2.11. The molecule has 3 rings (SSSR count). The van der Waals surface area contributed by atoms with Crippen LogP contribution in [-0.2, 0) is 16.4 Å². The van der Waals surface area contributed by atoms with E-state index in [1.54, 1.807) is 0 Å². The number of hydrogen-bond donors (Lipinski definition) is 0. The molecule has 0 aliphatic rings. The molecule has 0 N–H and O–H groups in total. The summed E-state index contributed by atoms with van der Waals surface area (Å²) in [5, 5.41) is 0. The minimum absolute atomic E-state index is 0.413. The van der Waals surface area contributed by atoms with Gasteiger partial charge >= 0.3 is 0 Å². The van der Waals surface area contributed by atoms with Crippen molar-refractivity contribution < 1.29 is 4.43 Å². The van der Waals surface area contributed by atoms with Gasteiger partial charge < -0.3 is 4.43 Å². The van der Waals surface area contributed by atoms with Crippen LogP contribution in [0.2, 0.25) is 0 Å². The lowest BCUT2D eigenvalue weighted by Crippen LogP contribution is -2.33. The summed E-state index contributed by atoms with van der Waals surface area (Å²) < 4.78 is 6.28. The fraction of sp³-hybridized carbons (Fsp3) is 0.143. The molecular formula is C21H22OSi. The van der Waals surface area contributed by atoms with E-state index in [1.807, 2.05) is 0 Å². The van der Waals surface area contributed by atoms with Gasteiger partial charge in [0.05, 0.1) is 0 Å². The Morgan fingerprint density at radius 2 is 1.22 bits per heavy atom. The average Bonchev–Trinajstić information content (AvgIpc) is 2.63. The molecule has 0 atom stereocenters. The summed E-state index contributed by atoms with van der Waals surface area (Å²) in [6.07, 6.45) is 0.838. The molecule has 0 aromatic heterocycles. The highest BCUT2D eigenvalue weighted by molar-refractivity contribution is 5.98. The van der Waals surface area contributed by atoms with Crippen LogP contribution in [0.25, 0.3) is 0 Å². The van der Waals surface area contributed by atoms with E-state index in [4.69, 9.17) is 4.43 Å². The van der Waals surface area contributed by atoms with Crippen LogP contribution in [0.15, 0.2) is 84.9 Å². The first-order chi connectivity index (χ1) is 11.2. The van der Waals surface area contributed by atoms with Gasteiger partial charge in [0.15, 0.2) is 0 Å². The second-order valence-corrected chi connectivity index (χ2v) is 6.33. The van der Waals surface area contributed by atoms with Gasteiger partial charge in [-0.3, -0.25) is 0 Å². The third-order valence-electron chi connectivity index (χ3n) is 4.40. The van der Waals surface area contributed by atoms with Crippen LogP contribution in [0, 0.1) is 6.92 Å². The van der Waals surface area contributed by atoms with Crippen molar-refractivity contribution in [1.29, 1.82) is 0 Å². The fourth-order valence-electron chi connectivity index (χ4n) is 3.09. The van der Waals surface area contributed by atoms with Gasteiger partial charge in [-0.1, -0.05) is 90.5 Å². The Morgan fingerprint density at radius 1 is 0.739 bits per heavy atom. The van der Waals surface area contributed by atoms with Crippen molar-refractivity contribution in [3.05, 3.63) is 107 Å². The van der Waals surface area contributed by atoms with Crippen LogP contribution in [0.3, 0.4) is 0 Å². The van der Waals surface area contributed by atoms with Gasteiger partial charge in [0.25, 0.3) is 0 Å². The van der Waals surface area contributed by atoms with E-state index in [-0.39, 0.29) is 0 Å². The Kier molecular flexibility index (Phi) is 4.75. The van der Waals surface area contributed by atoms with Gasteiger partial charge in [-0.15, -0.1) is 0 Å². The Labute approximate surface area is 141 Å². The summed E-state index contributed by atoms with van der Waals surface area (Å²) in [6.45, 7) is 2.12. The van der Waals surface area contributed by atoms with Crippen molar-refractivity contribution in [2.24, 2.45) is 0 Å². The third-order valence-corrected chi connectivity index (χ3v) is 5.10. The molecule has 3 aromatic carbocycles. The van der Waals surface area contributed by atoms with Crippen LogP contribution in [-0.4, -0.2) is 10.5 Å². The molecule has 0 aliphatic heterocycles. The summed E-state index contributed by atoms with van der Waals surface area (Å²) in [7, 11) is 0.675. The Morgan fingerprint density at radius 3 is 1.65 bits per heavy atom. The normalized spacial score (nSPS) is 11.5. The van der Waals surface area contributed by atoms with Crippen LogP contribution >= 0.6 is 0 Å². The quantitative estimate of drug-likeness (QED) is 0.651. The first-order valence-electron chi connectivity index (χ1n) is 7.96. The Hall–Kier alpha value is -2.16. The van der Waals surface area contributed by atoms with Crippen LogP contribution in [0.5, 0.6) is 0 Å². The smallest absolute Gasteiger partial charge is 0.147 e. The monoisotopic (exact) mass is 318 g/mol. The topological polar surface area (TPSA) is 9.23 Å². The molecule has 0 radical (unpaired) electrons. The maximum atomic E-state index is 6.28. The lowest BCUT2D eigenvalue weighted by atomic mass is 9.81. The second kappa shape index (κ2) is 6.94. The van der Waals surface area contributed by atoms with Gasteiger partial charge in [-0.05, 0) is 23.6 Å². The summed E-state index contributed by atoms with van der Waals surface area (Å²) in [5.41, 5.74) is 4.58. The van der Waals surface area contributed by atoms with Crippen molar-refractivity contribution >= 4 is 10.5 Å². The zero-order valence-corrected chi connectivity index (χ0v) is 15.7. The van der Waals surface area contributed by atoms with E-state index in [2.05, 4.69) is 91.9 Å². The van der Waals surface area contributed by atoms with Crippen molar-refractivity contribution in [2.75, 3.05) is 0 Å². The first-order valence-corrected chi connectivity index (χ1v) is 8.78. The molecule has 0 heterocycles. The number of rotatable bonds is 5. The zero-order chi connectivity index (χ0) is 16.1. The van der Waals surface area contributed by atoms with Gasteiger partial charge in [-0.2, -0.15) is 0 Å². The fourth-order valence-corrected chi connectivity index (χ4v) is 3.70. The molecule has 0 spiro atoms. The highest BCUT2D eigenvalue weighted by atomic mass is 28.2. The average molecular weight is 318 g/mol. The number of benzene rings is 3. The predicted molar refractivity (Wildman–Crippen MR) is 99.6 cm³/mol. The third kappa shape index (κ3) is 3.28. The zero-order valence-electron chi connectivity index (χ0n) is 13.7. The van der Waals surface area contributed by atoms with Crippen LogP contribution in [0.4, 0.5) is 0 Å². The van der Waals surface area contributed by atoms with Crippen molar-refractivity contribution in [2.45, 2.75) is 18.9 Å². The first kappa shape index (κ1) is 15.7. The van der Waals surface area contributed by atoms with E-state index in [0.29, 0.717) is 10.5 Å². The van der Waals surface area contributed by atoms with Gasteiger partial charge in [-0.25, -0.2) is 0 Å². The van der Waals surface area contributed by atoms with Crippen LogP contribution in [0.1, 0.15) is 22.3 Å². The van der Waals surface area contributed by atoms with Crippen molar-refractivity contribution in [3.8, 4) is 0 Å². The summed E-state index contributed by atoms with van der Waals surface area (Å²) in [5.74, 6) is 0. The minimum atomic E-state index is -0.413. The van der Waals surface area contributed by atoms with E-state index >= 15 is 0 Å². The molecule has 0 aliphatic carbocycles. The maximum absolute atomic E-state index is 6.28. The largest absolute Gasteiger partial charge is 0.414 e. The summed E-state index contributed by atoms with van der Waals surface area (Å²) >= 11 is 0. The van der Waals surface area contributed by atoms with E-state index < -0.39 is 5.60 Å². The molecule has 3 aromatic rings. The summed E-state index contributed by atoms with van der Waals surface area (Å²) in [6, 6.07) is 29.9. The van der Waals surface area contributed by atoms with E-state index in [1.165, 1.54) is 22.3 Å². The molecule has 23 heavy (non-hydrogen) atoms. The molecule has 0 fully saturated rings. The minimum Gasteiger partial charge on any atom is -0.414 e. The molecule has 0 saturated heterocycles. The molecule has 1 nitrogen and oxygen atoms in total. The molecule has 0 amide bonds. The van der Waals surface area contributed by atoms with Crippen LogP contribution < -0.4 is 0 Å². The van der Waals surface area contributed by atoms with Gasteiger partial charge in [0.1, 0.15) is 16.1 Å². The number of hydrogen-bond acceptors (Lipinski definition) is 1. The number of aryl methyl sites for hydroxylation is 1. The standard InChI is InChI=1S/C21H22OSi/c1-17-12-14-18(15-13-17)16-21(22-23,19-8-4-2-5-9-19)20-10-6-3-7-11-20/h2-15H,16H2,1,23H3. The highest BCUT2D eigenvalue weighted by Crippen LogP contribution is 2.36. The van der Waals surface area contributed by atoms with Gasteiger partial charge in [0.2, 0.25) is 0 Å². The molecular weight excluding hydrogens is 296 g/mol. The van der Waals surface area contributed by atoms with Crippen molar-refractivity contribution in [3.63, 3.8) is 0 Å². The lowest BCUT2D eigenvalue weighted by molar-refractivity contribution is 0.125. The molecule has 0 saturated carbocycles.